The number of thioether (sulfide) groups is 1. The highest BCUT2D eigenvalue weighted by Gasteiger charge is 2.00. The highest BCUT2D eigenvalue weighted by molar-refractivity contribution is 7.99. The van der Waals surface area contributed by atoms with E-state index in [4.69, 9.17) is 16.0 Å². The molecule has 0 aliphatic carbocycles. The highest BCUT2D eigenvalue weighted by Crippen LogP contribution is 2.24. The minimum Gasteiger partial charge on any atom is -0.468 e. The molecule has 0 saturated carbocycles. The number of halogens is 1. The van der Waals surface area contributed by atoms with E-state index in [9.17, 15) is 0 Å². The first-order valence-corrected chi connectivity index (χ1v) is 6.09. The second-order valence-electron chi connectivity index (χ2n) is 2.94. The van der Waals surface area contributed by atoms with E-state index < -0.39 is 0 Å². The van der Waals surface area contributed by atoms with Crippen molar-refractivity contribution in [1.82, 2.24) is 0 Å². The van der Waals surface area contributed by atoms with Gasteiger partial charge in [-0.05, 0) is 31.6 Å². The smallest absolute Gasteiger partial charge is 0.114 e. The van der Waals surface area contributed by atoms with Crippen molar-refractivity contribution in [2.24, 2.45) is 0 Å². The average molecular weight is 219 g/mol. The summed E-state index contributed by atoms with van der Waals surface area (Å²) in [6.45, 7) is 2.00. The van der Waals surface area contributed by atoms with E-state index in [0.717, 1.165) is 23.8 Å². The summed E-state index contributed by atoms with van der Waals surface area (Å²) in [6.07, 6.45) is 5.35. The monoisotopic (exact) mass is 218 g/mol. The Bertz CT molecular complexity index is 235. The number of unbranched alkanes of at least 4 members (excludes halogenated alkanes) is 2. The molecule has 0 aliphatic heterocycles. The molecule has 0 fully saturated rings. The van der Waals surface area contributed by atoms with Gasteiger partial charge in [-0.2, -0.15) is 0 Å². The highest BCUT2D eigenvalue weighted by atomic mass is 35.5. The molecule has 0 N–H and O–H groups in total. The number of hydrogen-bond acceptors (Lipinski definition) is 2. The van der Waals surface area contributed by atoms with Crippen LogP contribution in [0.4, 0.5) is 0 Å². The third kappa shape index (κ3) is 4.10. The lowest BCUT2D eigenvalue weighted by atomic mass is 10.3. The van der Waals surface area contributed by atoms with E-state index in [0.29, 0.717) is 0 Å². The van der Waals surface area contributed by atoms with Crippen molar-refractivity contribution in [2.75, 3.05) is 11.6 Å². The topological polar surface area (TPSA) is 13.1 Å². The molecule has 0 radical (unpaired) electrons. The Morgan fingerprint density at radius 1 is 1.38 bits per heavy atom. The fourth-order valence-corrected chi connectivity index (χ4v) is 2.24. The van der Waals surface area contributed by atoms with Crippen molar-refractivity contribution in [2.45, 2.75) is 31.1 Å². The standard InChI is InChI=1S/C10H15ClOS/c1-9-10(5-7-12-9)13-8-4-2-3-6-11/h5,7H,2-4,6,8H2,1H3. The largest absolute Gasteiger partial charge is 0.468 e. The minimum absolute atomic E-state index is 0.787. The molecule has 0 amide bonds. The Kier molecular flexibility index (Phi) is 5.40. The summed E-state index contributed by atoms with van der Waals surface area (Å²) in [7, 11) is 0. The van der Waals surface area contributed by atoms with Gasteiger partial charge in [0.2, 0.25) is 0 Å². The van der Waals surface area contributed by atoms with Gasteiger partial charge in [-0.25, -0.2) is 0 Å². The average Bonchev–Trinajstić information content (AvgIpc) is 2.52. The Balaban J connectivity index is 2.10. The third-order valence-electron chi connectivity index (χ3n) is 1.85. The maximum Gasteiger partial charge on any atom is 0.114 e. The Labute approximate surface area is 88.8 Å². The second-order valence-corrected chi connectivity index (χ2v) is 4.45. The van der Waals surface area contributed by atoms with Crippen molar-refractivity contribution >= 4 is 23.4 Å². The molecule has 0 aliphatic rings. The van der Waals surface area contributed by atoms with Crippen LogP contribution in [0.2, 0.25) is 0 Å². The number of alkyl halides is 1. The lowest BCUT2D eigenvalue weighted by molar-refractivity contribution is 0.527. The van der Waals surface area contributed by atoms with E-state index in [2.05, 4.69) is 0 Å². The van der Waals surface area contributed by atoms with Gasteiger partial charge in [0.25, 0.3) is 0 Å². The van der Waals surface area contributed by atoms with Gasteiger partial charge in [0, 0.05) is 10.8 Å². The predicted octanol–water partition coefficient (Wildman–Crippen LogP) is 4.09. The van der Waals surface area contributed by atoms with E-state index >= 15 is 0 Å². The summed E-state index contributed by atoms with van der Waals surface area (Å²) in [6, 6.07) is 2.03. The zero-order valence-corrected chi connectivity index (χ0v) is 9.46. The molecule has 1 aromatic heterocycles. The number of hydrogen-bond donors (Lipinski definition) is 0. The molecule has 0 atom stereocenters. The van der Waals surface area contributed by atoms with Crippen LogP contribution in [0.15, 0.2) is 21.6 Å². The van der Waals surface area contributed by atoms with Crippen LogP contribution in [0.5, 0.6) is 0 Å². The van der Waals surface area contributed by atoms with Gasteiger partial charge >= 0.3 is 0 Å². The summed E-state index contributed by atoms with van der Waals surface area (Å²) < 4.78 is 5.20. The molecule has 0 aromatic carbocycles. The second kappa shape index (κ2) is 6.39. The number of furan rings is 1. The SMILES string of the molecule is Cc1occc1SCCCCCCl. The first kappa shape index (κ1) is 11.0. The van der Waals surface area contributed by atoms with Crippen LogP contribution >= 0.6 is 23.4 Å². The molecule has 0 saturated heterocycles. The van der Waals surface area contributed by atoms with Crippen LogP contribution in [0.3, 0.4) is 0 Å². The fraction of sp³-hybridized carbons (Fsp3) is 0.600. The molecule has 3 heteroatoms. The molecule has 1 aromatic rings. The number of rotatable bonds is 6. The maximum atomic E-state index is 5.58. The van der Waals surface area contributed by atoms with E-state index in [1.165, 1.54) is 17.7 Å². The van der Waals surface area contributed by atoms with Crippen molar-refractivity contribution in [3.05, 3.63) is 18.1 Å². The van der Waals surface area contributed by atoms with Crippen molar-refractivity contribution in [1.29, 1.82) is 0 Å². The Morgan fingerprint density at radius 2 is 2.23 bits per heavy atom. The predicted molar refractivity (Wildman–Crippen MR) is 58.7 cm³/mol. The summed E-state index contributed by atoms with van der Waals surface area (Å²) in [5.41, 5.74) is 0. The Hall–Kier alpha value is -0.0800. The molecule has 1 nitrogen and oxygen atoms in total. The van der Waals surface area contributed by atoms with Crippen LogP contribution in [-0.2, 0) is 0 Å². The van der Waals surface area contributed by atoms with E-state index in [-0.39, 0.29) is 0 Å². The number of aryl methyl sites for hydroxylation is 1. The van der Waals surface area contributed by atoms with Gasteiger partial charge in [-0.15, -0.1) is 23.4 Å². The summed E-state index contributed by atoms with van der Waals surface area (Å²) in [5, 5.41) is 0. The van der Waals surface area contributed by atoms with Crippen molar-refractivity contribution in [3.8, 4) is 0 Å². The summed E-state index contributed by atoms with van der Waals surface area (Å²) >= 11 is 7.45. The third-order valence-corrected chi connectivity index (χ3v) is 3.34. The zero-order valence-electron chi connectivity index (χ0n) is 7.88. The molecule has 13 heavy (non-hydrogen) atoms. The zero-order chi connectivity index (χ0) is 9.52. The van der Waals surface area contributed by atoms with Gasteiger partial charge in [-0.3, -0.25) is 0 Å². The Morgan fingerprint density at radius 3 is 2.85 bits per heavy atom. The van der Waals surface area contributed by atoms with Crippen LogP contribution in [0.25, 0.3) is 0 Å². The fourth-order valence-electron chi connectivity index (χ4n) is 1.08. The van der Waals surface area contributed by atoms with Crippen molar-refractivity contribution < 1.29 is 4.42 Å². The van der Waals surface area contributed by atoms with Gasteiger partial charge in [-0.1, -0.05) is 6.42 Å². The summed E-state index contributed by atoms with van der Waals surface area (Å²) in [5.74, 6) is 2.98. The first-order valence-electron chi connectivity index (χ1n) is 4.57. The van der Waals surface area contributed by atoms with Gasteiger partial charge in [0.05, 0.1) is 6.26 Å². The molecule has 1 heterocycles. The summed E-state index contributed by atoms with van der Waals surface area (Å²) in [4.78, 5) is 1.27. The minimum atomic E-state index is 0.787. The van der Waals surface area contributed by atoms with E-state index in [1.54, 1.807) is 6.26 Å². The van der Waals surface area contributed by atoms with Gasteiger partial charge in [0.1, 0.15) is 5.76 Å². The molecular formula is C10H15ClOS. The maximum absolute atomic E-state index is 5.58. The molecule has 0 unspecified atom stereocenters. The van der Waals surface area contributed by atoms with Crippen LogP contribution in [-0.4, -0.2) is 11.6 Å². The molecule has 74 valence electrons. The van der Waals surface area contributed by atoms with Crippen LogP contribution < -0.4 is 0 Å². The van der Waals surface area contributed by atoms with Gasteiger partial charge < -0.3 is 4.42 Å². The van der Waals surface area contributed by atoms with Crippen molar-refractivity contribution in [3.63, 3.8) is 0 Å². The van der Waals surface area contributed by atoms with E-state index in [1.807, 2.05) is 24.8 Å². The first-order chi connectivity index (χ1) is 6.34. The lowest BCUT2D eigenvalue weighted by Gasteiger charge is -1.98. The lowest BCUT2D eigenvalue weighted by Crippen LogP contribution is -1.82. The molecule has 1 rings (SSSR count). The van der Waals surface area contributed by atoms with Gasteiger partial charge in [0.15, 0.2) is 0 Å². The molecule has 0 spiro atoms. The quantitative estimate of drug-likeness (QED) is 0.405. The normalized spacial score (nSPS) is 10.6. The molecule has 0 bridgehead atoms. The van der Waals surface area contributed by atoms with Crippen LogP contribution in [0, 0.1) is 6.92 Å². The van der Waals surface area contributed by atoms with Crippen LogP contribution in [0.1, 0.15) is 25.0 Å². The molecular weight excluding hydrogens is 204 g/mol.